The van der Waals surface area contributed by atoms with Crippen molar-refractivity contribution in [2.75, 3.05) is 20.2 Å². The Kier molecular flexibility index (Phi) is 5.69. The van der Waals surface area contributed by atoms with Gasteiger partial charge in [-0.1, -0.05) is 41.6 Å². The lowest BCUT2D eigenvalue weighted by Crippen LogP contribution is -2.37. The maximum atomic E-state index is 12.8. The van der Waals surface area contributed by atoms with Crippen LogP contribution < -0.4 is 4.74 Å². The molecule has 26 heavy (non-hydrogen) atoms. The van der Waals surface area contributed by atoms with Crippen LogP contribution in [0.1, 0.15) is 22.3 Å². The predicted molar refractivity (Wildman–Crippen MR) is 102 cm³/mol. The van der Waals surface area contributed by atoms with Crippen molar-refractivity contribution in [3.05, 3.63) is 78.4 Å². The maximum absolute atomic E-state index is 12.8. The summed E-state index contributed by atoms with van der Waals surface area (Å²) in [6.07, 6.45) is 2.23. The van der Waals surface area contributed by atoms with Crippen LogP contribution in [0.25, 0.3) is 0 Å². The normalized spacial score (nSPS) is 15.7. The number of carbonyl (C=O) groups is 1. The highest BCUT2D eigenvalue weighted by atomic mass is 16.6. The molecule has 0 radical (unpaired) electrons. The molecule has 1 amide bonds. The highest BCUT2D eigenvalue weighted by Crippen LogP contribution is 2.19. The summed E-state index contributed by atoms with van der Waals surface area (Å²) in [6.45, 7) is 4.66. The summed E-state index contributed by atoms with van der Waals surface area (Å²) in [4.78, 5) is 20.1. The van der Waals surface area contributed by atoms with Crippen molar-refractivity contribution in [3.63, 3.8) is 0 Å². The van der Waals surface area contributed by atoms with Crippen LogP contribution in [-0.4, -0.2) is 42.8 Å². The van der Waals surface area contributed by atoms with Gasteiger partial charge in [-0.3, -0.25) is 4.79 Å². The largest absolute Gasteiger partial charge is 0.497 e. The third-order valence-electron chi connectivity index (χ3n) is 4.24. The van der Waals surface area contributed by atoms with Crippen molar-refractivity contribution in [2.24, 2.45) is 5.16 Å². The number of ether oxygens (including phenoxy) is 1. The molecule has 0 aromatic heterocycles. The summed E-state index contributed by atoms with van der Waals surface area (Å²) in [7, 11) is 1.60. The first-order chi connectivity index (χ1) is 12.7. The minimum Gasteiger partial charge on any atom is -0.497 e. The average molecular weight is 350 g/mol. The highest BCUT2D eigenvalue weighted by Gasteiger charge is 2.26. The van der Waals surface area contributed by atoms with Gasteiger partial charge in [-0.15, -0.1) is 6.58 Å². The second-order valence-electron chi connectivity index (χ2n) is 6.06. The van der Waals surface area contributed by atoms with E-state index in [1.54, 1.807) is 42.4 Å². The van der Waals surface area contributed by atoms with Crippen LogP contribution in [0.3, 0.4) is 0 Å². The number of nitrogens with zero attached hydrogens (tertiary/aromatic N) is 2. The van der Waals surface area contributed by atoms with Crippen LogP contribution >= 0.6 is 0 Å². The smallest absolute Gasteiger partial charge is 0.254 e. The van der Waals surface area contributed by atoms with Crippen molar-refractivity contribution >= 4 is 11.6 Å². The SMILES string of the molecule is C=CCN(C[C@H]1CC(c2ccccc2)=NO1)C(=O)c1ccc(OC)cc1. The molecule has 2 aromatic carbocycles. The van der Waals surface area contributed by atoms with Gasteiger partial charge >= 0.3 is 0 Å². The molecule has 0 bridgehead atoms. The molecular formula is C21H22N2O3. The topological polar surface area (TPSA) is 51.1 Å². The lowest BCUT2D eigenvalue weighted by molar-refractivity contribution is 0.0450. The molecular weight excluding hydrogens is 328 g/mol. The fraction of sp³-hybridized carbons (Fsp3) is 0.238. The zero-order valence-electron chi connectivity index (χ0n) is 14.8. The first-order valence-electron chi connectivity index (χ1n) is 8.53. The first kappa shape index (κ1) is 17.7. The van der Waals surface area contributed by atoms with Crippen LogP contribution in [0.4, 0.5) is 0 Å². The van der Waals surface area contributed by atoms with E-state index in [9.17, 15) is 4.79 Å². The van der Waals surface area contributed by atoms with Gasteiger partial charge < -0.3 is 14.5 Å². The summed E-state index contributed by atoms with van der Waals surface area (Å²) in [5.74, 6) is 0.654. The van der Waals surface area contributed by atoms with E-state index in [0.29, 0.717) is 25.1 Å². The molecule has 5 nitrogen and oxygen atoms in total. The van der Waals surface area contributed by atoms with E-state index < -0.39 is 0 Å². The van der Waals surface area contributed by atoms with E-state index in [0.717, 1.165) is 17.0 Å². The number of hydrogen-bond acceptors (Lipinski definition) is 4. The van der Waals surface area contributed by atoms with Crippen LogP contribution in [0.5, 0.6) is 5.75 Å². The number of amides is 1. The number of oxime groups is 1. The zero-order valence-corrected chi connectivity index (χ0v) is 14.8. The Morgan fingerprint density at radius 2 is 2.00 bits per heavy atom. The minimum atomic E-state index is -0.160. The quantitative estimate of drug-likeness (QED) is 0.718. The Labute approximate surface area is 153 Å². The Hall–Kier alpha value is -3.08. The molecule has 3 rings (SSSR count). The van der Waals surface area contributed by atoms with E-state index in [1.807, 2.05) is 30.3 Å². The van der Waals surface area contributed by atoms with E-state index in [4.69, 9.17) is 9.57 Å². The molecule has 0 saturated carbocycles. The Bertz CT molecular complexity index is 785. The van der Waals surface area contributed by atoms with E-state index in [-0.39, 0.29) is 12.0 Å². The number of hydrogen-bond donors (Lipinski definition) is 0. The molecule has 0 spiro atoms. The molecule has 1 aliphatic heterocycles. The average Bonchev–Trinajstić information content (AvgIpc) is 3.16. The lowest BCUT2D eigenvalue weighted by atomic mass is 10.0. The van der Waals surface area contributed by atoms with Crippen molar-refractivity contribution in [1.29, 1.82) is 0 Å². The monoisotopic (exact) mass is 350 g/mol. The van der Waals surface area contributed by atoms with E-state index in [2.05, 4.69) is 11.7 Å². The van der Waals surface area contributed by atoms with Crippen molar-refractivity contribution in [1.82, 2.24) is 4.90 Å². The lowest BCUT2D eigenvalue weighted by Gasteiger charge is -2.23. The predicted octanol–water partition coefficient (Wildman–Crippen LogP) is 3.52. The second kappa shape index (κ2) is 8.34. The molecule has 0 saturated heterocycles. The fourth-order valence-corrected chi connectivity index (χ4v) is 2.89. The van der Waals surface area contributed by atoms with Crippen LogP contribution in [0.2, 0.25) is 0 Å². The van der Waals surface area contributed by atoms with Gasteiger partial charge in [0, 0.05) is 18.5 Å². The van der Waals surface area contributed by atoms with Gasteiger partial charge in [0.1, 0.15) is 5.75 Å². The van der Waals surface area contributed by atoms with Gasteiger partial charge in [0.2, 0.25) is 0 Å². The molecule has 134 valence electrons. The molecule has 0 unspecified atom stereocenters. The van der Waals surface area contributed by atoms with Crippen LogP contribution in [0, 0.1) is 0 Å². The van der Waals surface area contributed by atoms with Gasteiger partial charge in [-0.25, -0.2) is 0 Å². The molecule has 0 aliphatic carbocycles. The molecule has 1 atom stereocenters. The van der Waals surface area contributed by atoms with Crippen LogP contribution in [-0.2, 0) is 4.84 Å². The zero-order chi connectivity index (χ0) is 18.4. The van der Waals surface area contributed by atoms with Crippen LogP contribution in [0.15, 0.2) is 72.4 Å². The van der Waals surface area contributed by atoms with Gasteiger partial charge in [0.25, 0.3) is 5.91 Å². The number of rotatable bonds is 7. The third kappa shape index (κ3) is 4.11. The van der Waals surface area contributed by atoms with Gasteiger partial charge in [-0.2, -0.15) is 0 Å². The Balaban J connectivity index is 1.65. The van der Waals surface area contributed by atoms with Gasteiger partial charge in [0.15, 0.2) is 6.10 Å². The molecule has 0 fully saturated rings. The number of carbonyl (C=O) groups excluding carboxylic acids is 1. The minimum absolute atomic E-state index is 0.0654. The highest BCUT2D eigenvalue weighted by molar-refractivity contribution is 6.01. The molecule has 1 heterocycles. The summed E-state index contributed by atoms with van der Waals surface area (Å²) in [5.41, 5.74) is 2.56. The standard InChI is InChI=1S/C21H22N2O3/c1-3-13-23(21(24)17-9-11-18(25-2)12-10-17)15-19-14-20(22-26-19)16-7-5-4-6-8-16/h3-12,19H,1,13-15H2,2H3/t19-/m1/s1. The summed E-state index contributed by atoms with van der Waals surface area (Å²) < 4.78 is 5.14. The fourth-order valence-electron chi connectivity index (χ4n) is 2.89. The van der Waals surface area contributed by atoms with Crippen molar-refractivity contribution < 1.29 is 14.4 Å². The maximum Gasteiger partial charge on any atom is 0.254 e. The summed E-state index contributed by atoms with van der Waals surface area (Å²) >= 11 is 0. The second-order valence-corrected chi connectivity index (χ2v) is 6.06. The number of methoxy groups -OCH3 is 1. The molecule has 1 aliphatic rings. The summed E-state index contributed by atoms with van der Waals surface area (Å²) in [6, 6.07) is 17.0. The third-order valence-corrected chi connectivity index (χ3v) is 4.24. The van der Waals surface area contributed by atoms with Gasteiger partial charge in [-0.05, 0) is 29.8 Å². The number of benzene rings is 2. The Morgan fingerprint density at radius 3 is 2.65 bits per heavy atom. The summed E-state index contributed by atoms with van der Waals surface area (Å²) in [5, 5.41) is 4.19. The Morgan fingerprint density at radius 1 is 1.27 bits per heavy atom. The van der Waals surface area contributed by atoms with Gasteiger partial charge in [0.05, 0.1) is 19.4 Å². The first-order valence-corrected chi connectivity index (χ1v) is 8.53. The van der Waals surface area contributed by atoms with E-state index in [1.165, 1.54) is 0 Å². The van der Waals surface area contributed by atoms with E-state index >= 15 is 0 Å². The van der Waals surface area contributed by atoms with Crippen molar-refractivity contribution in [2.45, 2.75) is 12.5 Å². The molecule has 0 N–H and O–H groups in total. The molecule has 5 heteroatoms. The molecule has 2 aromatic rings. The van der Waals surface area contributed by atoms with Crippen molar-refractivity contribution in [3.8, 4) is 5.75 Å².